The number of rotatable bonds is 4. The van der Waals surface area contributed by atoms with E-state index in [1.54, 1.807) is 0 Å². The van der Waals surface area contributed by atoms with E-state index in [-0.39, 0.29) is 17.7 Å². The Morgan fingerprint density at radius 1 is 1.17 bits per heavy atom. The van der Waals surface area contributed by atoms with Gasteiger partial charge in [0.15, 0.2) is 0 Å². The molecule has 0 saturated heterocycles. The Morgan fingerprint density at radius 3 is 2.58 bits per heavy atom. The Hall–Kier alpha value is -2.62. The SMILES string of the molecule is CC(Cc1ccccc1)C(=O)Nc1ccc2c(c1)C(C)(C)C(=O)N2. The molecule has 0 bridgehead atoms. The zero-order valence-electron chi connectivity index (χ0n) is 14.2. The molecule has 0 aromatic heterocycles. The number of carbonyl (C=O) groups is 2. The maximum Gasteiger partial charge on any atom is 0.234 e. The van der Waals surface area contributed by atoms with Gasteiger partial charge in [-0.15, -0.1) is 0 Å². The van der Waals surface area contributed by atoms with E-state index in [0.29, 0.717) is 6.42 Å². The van der Waals surface area contributed by atoms with Crippen LogP contribution in [0.1, 0.15) is 31.9 Å². The van der Waals surface area contributed by atoms with Gasteiger partial charge in [0.05, 0.1) is 5.41 Å². The van der Waals surface area contributed by atoms with E-state index >= 15 is 0 Å². The predicted molar refractivity (Wildman–Crippen MR) is 96.0 cm³/mol. The van der Waals surface area contributed by atoms with Crippen LogP contribution in [0.5, 0.6) is 0 Å². The minimum absolute atomic E-state index is 0.0153. The van der Waals surface area contributed by atoms with Gasteiger partial charge in [-0.2, -0.15) is 0 Å². The Morgan fingerprint density at radius 2 is 1.88 bits per heavy atom. The van der Waals surface area contributed by atoms with E-state index in [2.05, 4.69) is 10.6 Å². The molecule has 2 aromatic carbocycles. The standard InChI is InChI=1S/C20H22N2O2/c1-13(11-14-7-5-4-6-8-14)18(23)21-15-9-10-17-16(12-15)20(2,3)19(24)22-17/h4-10,12-13H,11H2,1-3H3,(H,21,23)(H,22,24). The molecule has 2 N–H and O–H groups in total. The summed E-state index contributed by atoms with van der Waals surface area (Å²) < 4.78 is 0. The van der Waals surface area contributed by atoms with Gasteiger partial charge in [-0.05, 0) is 49.6 Å². The smallest absolute Gasteiger partial charge is 0.234 e. The van der Waals surface area contributed by atoms with E-state index < -0.39 is 5.41 Å². The van der Waals surface area contributed by atoms with Gasteiger partial charge >= 0.3 is 0 Å². The molecule has 1 heterocycles. The van der Waals surface area contributed by atoms with E-state index in [4.69, 9.17) is 0 Å². The molecule has 0 saturated carbocycles. The highest BCUT2D eigenvalue weighted by molar-refractivity contribution is 6.06. The number of benzene rings is 2. The van der Waals surface area contributed by atoms with E-state index in [0.717, 1.165) is 22.5 Å². The fraction of sp³-hybridized carbons (Fsp3) is 0.300. The molecule has 2 aromatic rings. The third-order valence-electron chi connectivity index (χ3n) is 4.61. The molecule has 24 heavy (non-hydrogen) atoms. The molecule has 1 atom stereocenters. The molecule has 1 unspecified atom stereocenters. The van der Waals surface area contributed by atoms with E-state index in [1.165, 1.54) is 0 Å². The first-order valence-corrected chi connectivity index (χ1v) is 8.18. The highest BCUT2D eigenvalue weighted by Gasteiger charge is 2.38. The summed E-state index contributed by atoms with van der Waals surface area (Å²) in [6.07, 6.45) is 0.698. The first-order chi connectivity index (χ1) is 11.4. The molecule has 0 fully saturated rings. The second kappa shape index (κ2) is 6.11. The highest BCUT2D eigenvalue weighted by atomic mass is 16.2. The normalized spacial score (nSPS) is 16.2. The maximum atomic E-state index is 12.4. The van der Waals surface area contributed by atoms with Crippen molar-refractivity contribution < 1.29 is 9.59 Å². The van der Waals surface area contributed by atoms with Crippen molar-refractivity contribution in [3.8, 4) is 0 Å². The maximum absolute atomic E-state index is 12.4. The summed E-state index contributed by atoms with van der Waals surface area (Å²) in [5.74, 6) is -0.166. The zero-order chi connectivity index (χ0) is 17.3. The average molecular weight is 322 g/mol. The van der Waals surface area contributed by atoms with Gasteiger partial charge in [0.25, 0.3) is 0 Å². The number of fused-ring (bicyclic) bond motifs is 1. The third-order valence-corrected chi connectivity index (χ3v) is 4.61. The summed E-state index contributed by atoms with van der Waals surface area (Å²) in [5.41, 5.74) is 3.03. The second-order valence-electron chi connectivity index (χ2n) is 6.92. The van der Waals surface area contributed by atoms with Crippen molar-refractivity contribution in [2.75, 3.05) is 10.6 Å². The number of hydrogen-bond donors (Lipinski definition) is 2. The van der Waals surface area contributed by atoms with Crippen LogP contribution in [0, 0.1) is 5.92 Å². The van der Waals surface area contributed by atoms with Crippen LogP contribution in [0.3, 0.4) is 0 Å². The van der Waals surface area contributed by atoms with Crippen molar-refractivity contribution in [1.82, 2.24) is 0 Å². The lowest BCUT2D eigenvalue weighted by Gasteiger charge is -2.17. The molecule has 2 amide bonds. The fourth-order valence-electron chi connectivity index (χ4n) is 2.97. The summed E-state index contributed by atoms with van der Waals surface area (Å²) in [4.78, 5) is 24.4. The topological polar surface area (TPSA) is 58.2 Å². The van der Waals surface area contributed by atoms with Crippen LogP contribution in [0.25, 0.3) is 0 Å². The van der Waals surface area contributed by atoms with Gasteiger partial charge in [-0.3, -0.25) is 9.59 Å². The molecule has 1 aliphatic heterocycles. The highest BCUT2D eigenvalue weighted by Crippen LogP contribution is 2.38. The summed E-state index contributed by atoms with van der Waals surface area (Å²) in [6, 6.07) is 15.5. The Balaban J connectivity index is 1.72. The molecule has 124 valence electrons. The van der Waals surface area contributed by atoms with Crippen LogP contribution in [-0.4, -0.2) is 11.8 Å². The third kappa shape index (κ3) is 3.04. The summed E-state index contributed by atoms with van der Waals surface area (Å²) in [7, 11) is 0. The van der Waals surface area contributed by atoms with Gasteiger partial charge < -0.3 is 10.6 Å². The number of anilines is 2. The Kier molecular flexibility index (Phi) is 4.14. The lowest BCUT2D eigenvalue weighted by atomic mass is 9.86. The van der Waals surface area contributed by atoms with Gasteiger partial charge in [-0.25, -0.2) is 0 Å². The Labute approximate surface area is 142 Å². The minimum atomic E-state index is -0.578. The molecular formula is C20H22N2O2. The molecule has 4 heteroatoms. The molecule has 0 aliphatic carbocycles. The number of carbonyl (C=O) groups excluding carboxylic acids is 2. The molecule has 0 radical (unpaired) electrons. The lowest BCUT2D eigenvalue weighted by molar-refractivity contribution is -0.120. The molecular weight excluding hydrogens is 300 g/mol. The number of amides is 2. The predicted octanol–water partition coefficient (Wildman–Crippen LogP) is 3.73. The fourth-order valence-corrected chi connectivity index (χ4v) is 2.97. The van der Waals surface area contributed by atoms with Crippen molar-refractivity contribution in [3.63, 3.8) is 0 Å². The van der Waals surface area contributed by atoms with Crippen molar-refractivity contribution in [3.05, 3.63) is 59.7 Å². The summed E-state index contributed by atoms with van der Waals surface area (Å²) >= 11 is 0. The van der Waals surface area contributed by atoms with Gasteiger partial charge in [0, 0.05) is 17.3 Å². The van der Waals surface area contributed by atoms with Crippen LogP contribution in [0.15, 0.2) is 48.5 Å². The number of hydrogen-bond acceptors (Lipinski definition) is 2. The number of nitrogens with one attached hydrogen (secondary N) is 2. The Bertz CT molecular complexity index is 781. The van der Waals surface area contributed by atoms with Crippen molar-refractivity contribution in [1.29, 1.82) is 0 Å². The van der Waals surface area contributed by atoms with E-state index in [9.17, 15) is 9.59 Å². The zero-order valence-corrected chi connectivity index (χ0v) is 14.2. The van der Waals surface area contributed by atoms with Gasteiger partial charge in [0.1, 0.15) is 0 Å². The van der Waals surface area contributed by atoms with Gasteiger partial charge in [0.2, 0.25) is 11.8 Å². The average Bonchev–Trinajstić information content (AvgIpc) is 2.78. The van der Waals surface area contributed by atoms with Crippen LogP contribution in [0.2, 0.25) is 0 Å². The molecule has 1 aliphatic rings. The van der Waals surface area contributed by atoms with Crippen LogP contribution in [-0.2, 0) is 21.4 Å². The minimum Gasteiger partial charge on any atom is -0.326 e. The van der Waals surface area contributed by atoms with Crippen LogP contribution in [0.4, 0.5) is 11.4 Å². The van der Waals surface area contributed by atoms with E-state index in [1.807, 2.05) is 69.3 Å². The van der Waals surface area contributed by atoms with Crippen molar-refractivity contribution >= 4 is 23.2 Å². The monoisotopic (exact) mass is 322 g/mol. The molecule has 4 nitrogen and oxygen atoms in total. The molecule has 0 spiro atoms. The molecule has 3 rings (SSSR count). The van der Waals surface area contributed by atoms with Crippen LogP contribution >= 0.6 is 0 Å². The first-order valence-electron chi connectivity index (χ1n) is 8.18. The second-order valence-corrected chi connectivity index (χ2v) is 6.92. The summed E-state index contributed by atoms with van der Waals surface area (Å²) in [5, 5.41) is 5.84. The van der Waals surface area contributed by atoms with Crippen LogP contribution < -0.4 is 10.6 Å². The summed E-state index contributed by atoms with van der Waals surface area (Å²) in [6.45, 7) is 5.69. The lowest BCUT2D eigenvalue weighted by Crippen LogP contribution is -2.27. The van der Waals surface area contributed by atoms with Crippen molar-refractivity contribution in [2.45, 2.75) is 32.6 Å². The first kappa shape index (κ1) is 16.2. The van der Waals surface area contributed by atoms with Gasteiger partial charge in [-0.1, -0.05) is 37.3 Å². The largest absolute Gasteiger partial charge is 0.326 e. The quantitative estimate of drug-likeness (QED) is 0.901. The van der Waals surface area contributed by atoms with Crippen molar-refractivity contribution in [2.24, 2.45) is 5.92 Å².